The van der Waals surface area contributed by atoms with Gasteiger partial charge in [0.1, 0.15) is 0 Å². The van der Waals surface area contributed by atoms with Crippen LogP contribution in [0.25, 0.3) is 0 Å². The van der Waals surface area contributed by atoms with E-state index in [-0.39, 0.29) is 12.0 Å². The first kappa shape index (κ1) is 16.1. The van der Waals surface area contributed by atoms with Gasteiger partial charge in [0.05, 0.1) is 5.92 Å². The summed E-state index contributed by atoms with van der Waals surface area (Å²) in [5.41, 5.74) is 0.195. The molecule has 2 atom stereocenters. The van der Waals surface area contributed by atoms with Crippen molar-refractivity contribution in [3.8, 4) is 0 Å². The third-order valence-electron chi connectivity index (χ3n) is 4.87. The number of hydrogen-bond donors (Lipinski definition) is 1. The number of likely N-dealkylation sites (tertiary alicyclic amines) is 1. The van der Waals surface area contributed by atoms with Crippen LogP contribution in [0.4, 0.5) is 13.2 Å². The molecule has 0 aromatic rings. The zero-order valence-corrected chi connectivity index (χ0v) is 12.4. The van der Waals surface area contributed by atoms with Gasteiger partial charge in [0.15, 0.2) is 0 Å². The fraction of sp³-hybridized carbons (Fsp3) is 1.00. The molecule has 2 rings (SSSR count). The highest BCUT2D eigenvalue weighted by molar-refractivity contribution is 4.90. The molecule has 2 unspecified atom stereocenters. The number of alkyl halides is 3. The van der Waals surface area contributed by atoms with E-state index in [0.717, 1.165) is 51.9 Å². The summed E-state index contributed by atoms with van der Waals surface area (Å²) in [6.07, 6.45) is 1.49. The number of nitrogens with zero attached hydrogens (tertiary/aromatic N) is 1. The SMILES string of the molecule is CCCC1(CN2CCCC(C(F)(F)F)C2)CCCNC1. The van der Waals surface area contributed by atoms with Crippen LogP contribution in [0.5, 0.6) is 0 Å². The van der Waals surface area contributed by atoms with Crippen LogP contribution < -0.4 is 5.32 Å². The summed E-state index contributed by atoms with van der Waals surface area (Å²) in [6.45, 7) is 6.06. The minimum Gasteiger partial charge on any atom is -0.316 e. The van der Waals surface area contributed by atoms with Gasteiger partial charge in [-0.2, -0.15) is 13.2 Å². The molecule has 2 nitrogen and oxygen atoms in total. The Balaban J connectivity index is 1.96. The van der Waals surface area contributed by atoms with Crippen LogP contribution in [0.3, 0.4) is 0 Å². The third kappa shape index (κ3) is 4.10. The molecule has 1 N–H and O–H groups in total. The molecule has 2 aliphatic rings. The topological polar surface area (TPSA) is 15.3 Å². The lowest BCUT2D eigenvalue weighted by molar-refractivity contribution is -0.188. The molecule has 5 heteroatoms. The molecule has 2 saturated heterocycles. The normalized spacial score (nSPS) is 33.3. The zero-order chi connectivity index (χ0) is 14.6. The Morgan fingerprint density at radius 3 is 2.70 bits per heavy atom. The largest absolute Gasteiger partial charge is 0.393 e. The van der Waals surface area contributed by atoms with Gasteiger partial charge in [0, 0.05) is 19.6 Å². The Morgan fingerprint density at radius 2 is 2.10 bits per heavy atom. The molecule has 0 bridgehead atoms. The molecule has 0 spiro atoms. The first-order chi connectivity index (χ1) is 9.45. The summed E-state index contributed by atoms with van der Waals surface area (Å²) in [6, 6.07) is 0. The number of rotatable bonds is 4. The first-order valence-corrected chi connectivity index (χ1v) is 7.95. The fourth-order valence-corrected chi connectivity index (χ4v) is 3.93. The molecule has 0 aromatic heterocycles. The van der Waals surface area contributed by atoms with Crippen LogP contribution in [-0.4, -0.2) is 43.8 Å². The molecule has 118 valence electrons. The van der Waals surface area contributed by atoms with Crippen LogP contribution in [0.2, 0.25) is 0 Å². The second-order valence-corrected chi connectivity index (χ2v) is 6.65. The second kappa shape index (κ2) is 6.65. The van der Waals surface area contributed by atoms with Gasteiger partial charge in [0.25, 0.3) is 0 Å². The molecule has 0 radical (unpaired) electrons. The Bertz CT molecular complexity index is 292. The average molecular weight is 292 g/mol. The van der Waals surface area contributed by atoms with Crippen molar-refractivity contribution in [1.29, 1.82) is 0 Å². The smallest absolute Gasteiger partial charge is 0.316 e. The zero-order valence-electron chi connectivity index (χ0n) is 12.4. The lowest BCUT2D eigenvalue weighted by Crippen LogP contribution is -2.51. The number of nitrogens with one attached hydrogen (secondary N) is 1. The standard InChI is InChI=1S/C15H27F3N2/c1-2-6-14(7-4-8-19-11-14)12-20-9-3-5-13(10-20)15(16,17)18/h13,19H,2-12H2,1H3. The van der Waals surface area contributed by atoms with Gasteiger partial charge < -0.3 is 10.2 Å². The highest BCUT2D eigenvalue weighted by Crippen LogP contribution is 2.37. The Labute approximate surface area is 120 Å². The lowest BCUT2D eigenvalue weighted by Gasteiger charge is -2.44. The van der Waals surface area contributed by atoms with E-state index in [4.69, 9.17) is 0 Å². The van der Waals surface area contributed by atoms with Gasteiger partial charge in [0.2, 0.25) is 0 Å². The number of halogens is 3. The van der Waals surface area contributed by atoms with E-state index in [1.165, 1.54) is 0 Å². The van der Waals surface area contributed by atoms with E-state index in [9.17, 15) is 13.2 Å². The Kier molecular flexibility index (Phi) is 5.35. The van der Waals surface area contributed by atoms with Crippen molar-refractivity contribution in [1.82, 2.24) is 10.2 Å². The summed E-state index contributed by atoms with van der Waals surface area (Å²) in [5, 5.41) is 3.44. The van der Waals surface area contributed by atoms with Crippen molar-refractivity contribution in [3.63, 3.8) is 0 Å². The van der Waals surface area contributed by atoms with E-state index >= 15 is 0 Å². The van der Waals surface area contributed by atoms with Gasteiger partial charge in [-0.05, 0) is 50.6 Å². The minimum atomic E-state index is -4.03. The van der Waals surface area contributed by atoms with Gasteiger partial charge >= 0.3 is 6.18 Å². The van der Waals surface area contributed by atoms with Crippen molar-refractivity contribution < 1.29 is 13.2 Å². The van der Waals surface area contributed by atoms with Crippen LogP contribution in [-0.2, 0) is 0 Å². The maximum atomic E-state index is 12.9. The molecule has 0 amide bonds. The molecule has 2 aliphatic heterocycles. The van der Waals surface area contributed by atoms with Crippen LogP contribution in [0, 0.1) is 11.3 Å². The van der Waals surface area contributed by atoms with Gasteiger partial charge in [-0.1, -0.05) is 13.3 Å². The highest BCUT2D eigenvalue weighted by atomic mass is 19.4. The fourth-order valence-electron chi connectivity index (χ4n) is 3.93. The lowest BCUT2D eigenvalue weighted by atomic mass is 9.76. The van der Waals surface area contributed by atoms with Crippen LogP contribution in [0.1, 0.15) is 45.4 Å². The molecule has 2 heterocycles. The third-order valence-corrected chi connectivity index (χ3v) is 4.87. The van der Waals surface area contributed by atoms with E-state index in [1.54, 1.807) is 0 Å². The molecule has 0 saturated carbocycles. The van der Waals surface area contributed by atoms with Crippen molar-refractivity contribution in [2.75, 3.05) is 32.7 Å². The first-order valence-electron chi connectivity index (χ1n) is 7.95. The molecule has 0 aliphatic carbocycles. The summed E-state index contributed by atoms with van der Waals surface area (Å²) in [4.78, 5) is 2.07. The van der Waals surface area contributed by atoms with Crippen molar-refractivity contribution in [3.05, 3.63) is 0 Å². The predicted molar refractivity (Wildman–Crippen MR) is 74.7 cm³/mol. The Morgan fingerprint density at radius 1 is 1.30 bits per heavy atom. The quantitative estimate of drug-likeness (QED) is 0.854. The number of piperidine rings is 2. The summed E-state index contributed by atoms with van der Waals surface area (Å²) in [5.74, 6) is -1.12. The maximum Gasteiger partial charge on any atom is 0.393 e. The molecular formula is C15H27F3N2. The van der Waals surface area contributed by atoms with Crippen LogP contribution >= 0.6 is 0 Å². The van der Waals surface area contributed by atoms with E-state index in [1.807, 2.05) is 0 Å². The maximum absolute atomic E-state index is 12.9. The highest BCUT2D eigenvalue weighted by Gasteiger charge is 2.43. The van der Waals surface area contributed by atoms with Gasteiger partial charge in [-0.15, -0.1) is 0 Å². The summed E-state index contributed by atoms with van der Waals surface area (Å²) in [7, 11) is 0. The van der Waals surface area contributed by atoms with Crippen molar-refractivity contribution in [2.45, 2.75) is 51.6 Å². The van der Waals surface area contributed by atoms with Crippen molar-refractivity contribution in [2.24, 2.45) is 11.3 Å². The van der Waals surface area contributed by atoms with Crippen LogP contribution in [0.15, 0.2) is 0 Å². The molecule has 0 aromatic carbocycles. The predicted octanol–water partition coefficient (Wildman–Crippen LogP) is 3.43. The number of hydrogen-bond acceptors (Lipinski definition) is 2. The van der Waals surface area contributed by atoms with Gasteiger partial charge in [-0.25, -0.2) is 0 Å². The Hall–Kier alpha value is -0.290. The van der Waals surface area contributed by atoms with Crippen molar-refractivity contribution >= 4 is 0 Å². The van der Waals surface area contributed by atoms with E-state index < -0.39 is 12.1 Å². The summed E-state index contributed by atoms with van der Waals surface area (Å²) >= 11 is 0. The molecular weight excluding hydrogens is 265 g/mol. The monoisotopic (exact) mass is 292 g/mol. The van der Waals surface area contributed by atoms with E-state index in [2.05, 4.69) is 17.1 Å². The van der Waals surface area contributed by atoms with Gasteiger partial charge in [-0.3, -0.25) is 0 Å². The average Bonchev–Trinajstić information content (AvgIpc) is 2.39. The van der Waals surface area contributed by atoms with E-state index in [0.29, 0.717) is 12.8 Å². The molecule has 20 heavy (non-hydrogen) atoms. The molecule has 2 fully saturated rings. The minimum absolute atomic E-state index is 0.195. The second-order valence-electron chi connectivity index (χ2n) is 6.65. The summed E-state index contributed by atoms with van der Waals surface area (Å²) < 4.78 is 38.7.